The lowest BCUT2D eigenvalue weighted by atomic mass is 10.0. The zero-order valence-electron chi connectivity index (χ0n) is 21.2. The fraction of sp³-hybridized carbons (Fsp3) is 0.724. The molecule has 0 aliphatic heterocycles. The summed E-state index contributed by atoms with van der Waals surface area (Å²) in [4.78, 5) is 23.6. The van der Waals surface area contributed by atoms with Crippen LogP contribution in [0.1, 0.15) is 128 Å². The van der Waals surface area contributed by atoms with E-state index in [2.05, 4.69) is 12.2 Å². The zero-order chi connectivity index (χ0) is 24.0. The normalized spacial score (nSPS) is 11.9. The number of unbranched alkanes of at least 4 members (excludes halogenated alkanes) is 16. The van der Waals surface area contributed by atoms with Crippen LogP contribution in [0.5, 0.6) is 0 Å². The van der Waals surface area contributed by atoms with Crippen LogP contribution in [0.4, 0.5) is 0 Å². The van der Waals surface area contributed by atoms with Crippen LogP contribution in [0.2, 0.25) is 0 Å². The molecule has 0 fully saturated rings. The second-order valence-electron chi connectivity index (χ2n) is 9.55. The average Bonchev–Trinajstić information content (AvgIpc) is 2.81. The molecule has 1 aromatic carbocycles. The Bertz CT molecular complexity index is 602. The fourth-order valence-corrected chi connectivity index (χ4v) is 4.33. The minimum atomic E-state index is -0.977. The van der Waals surface area contributed by atoms with Gasteiger partial charge in [0.2, 0.25) is 5.91 Å². The van der Waals surface area contributed by atoms with Gasteiger partial charge in [0.15, 0.2) is 0 Å². The van der Waals surface area contributed by atoms with Crippen LogP contribution < -0.4 is 5.32 Å². The molecule has 0 radical (unpaired) electrons. The maximum absolute atomic E-state index is 12.1. The van der Waals surface area contributed by atoms with Gasteiger partial charge in [0, 0.05) is 12.8 Å². The van der Waals surface area contributed by atoms with E-state index in [1.54, 1.807) is 0 Å². The second kappa shape index (κ2) is 20.7. The first-order valence-electron chi connectivity index (χ1n) is 13.7. The van der Waals surface area contributed by atoms with Gasteiger partial charge in [0.05, 0.1) is 0 Å². The third-order valence-corrected chi connectivity index (χ3v) is 6.42. The van der Waals surface area contributed by atoms with Crippen molar-refractivity contribution in [2.45, 2.75) is 135 Å². The number of benzene rings is 1. The van der Waals surface area contributed by atoms with E-state index >= 15 is 0 Å². The Labute approximate surface area is 202 Å². The van der Waals surface area contributed by atoms with Crippen molar-refractivity contribution < 1.29 is 14.7 Å². The first-order valence-corrected chi connectivity index (χ1v) is 13.7. The lowest BCUT2D eigenvalue weighted by Gasteiger charge is -2.14. The number of amides is 1. The predicted octanol–water partition coefficient (Wildman–Crippen LogP) is 7.84. The number of nitrogens with one attached hydrogen (secondary N) is 1. The van der Waals surface area contributed by atoms with Gasteiger partial charge in [0.25, 0.3) is 0 Å². The third-order valence-electron chi connectivity index (χ3n) is 6.42. The molecule has 0 aliphatic carbocycles. The van der Waals surface area contributed by atoms with E-state index in [0.717, 1.165) is 24.8 Å². The maximum Gasteiger partial charge on any atom is 0.326 e. The van der Waals surface area contributed by atoms with Crippen LogP contribution in [0, 0.1) is 0 Å². The van der Waals surface area contributed by atoms with Crippen molar-refractivity contribution in [2.75, 3.05) is 0 Å². The summed E-state index contributed by atoms with van der Waals surface area (Å²) in [6.45, 7) is 2.27. The van der Waals surface area contributed by atoms with Crippen molar-refractivity contribution in [1.82, 2.24) is 5.32 Å². The molecule has 2 N–H and O–H groups in total. The first-order chi connectivity index (χ1) is 16.1. The monoisotopic (exact) mass is 459 g/mol. The van der Waals surface area contributed by atoms with Gasteiger partial charge >= 0.3 is 5.97 Å². The number of carbonyl (C=O) groups is 2. The lowest BCUT2D eigenvalue weighted by Crippen LogP contribution is -2.42. The van der Waals surface area contributed by atoms with Crippen LogP contribution in [-0.2, 0) is 16.0 Å². The van der Waals surface area contributed by atoms with E-state index < -0.39 is 12.0 Å². The molecule has 0 saturated carbocycles. The highest BCUT2D eigenvalue weighted by Gasteiger charge is 2.19. The second-order valence-corrected chi connectivity index (χ2v) is 9.55. The van der Waals surface area contributed by atoms with Gasteiger partial charge in [-0.3, -0.25) is 4.79 Å². The Morgan fingerprint density at radius 3 is 1.55 bits per heavy atom. The molecule has 4 heteroatoms. The third kappa shape index (κ3) is 17.3. The molecule has 0 bridgehead atoms. The molecule has 0 heterocycles. The van der Waals surface area contributed by atoms with Crippen LogP contribution in [0.15, 0.2) is 30.3 Å². The highest BCUT2D eigenvalue weighted by molar-refractivity contribution is 5.83. The molecule has 0 aromatic heterocycles. The summed E-state index contributed by atoms with van der Waals surface area (Å²) in [6, 6.07) is 8.58. The van der Waals surface area contributed by atoms with Crippen molar-refractivity contribution >= 4 is 11.9 Å². The van der Waals surface area contributed by atoms with Gasteiger partial charge in [-0.25, -0.2) is 4.79 Å². The Morgan fingerprint density at radius 1 is 0.697 bits per heavy atom. The molecule has 1 unspecified atom stereocenters. The number of carbonyl (C=O) groups excluding carboxylic acids is 1. The van der Waals surface area contributed by atoms with Crippen LogP contribution in [-0.4, -0.2) is 23.0 Å². The van der Waals surface area contributed by atoms with Gasteiger partial charge in [-0.05, 0) is 12.0 Å². The molecular formula is C29H49NO3. The SMILES string of the molecule is CCCCCCCCCCCCCCCCCCCC(=O)NC(Cc1ccccc1)C(=O)O. The number of rotatable bonds is 22. The summed E-state index contributed by atoms with van der Waals surface area (Å²) in [6.07, 6.45) is 23.0. The van der Waals surface area contributed by atoms with E-state index in [1.807, 2.05) is 30.3 Å². The molecule has 1 aromatic rings. The average molecular weight is 460 g/mol. The summed E-state index contributed by atoms with van der Waals surface area (Å²) >= 11 is 0. The molecule has 1 atom stereocenters. The standard InChI is InChI=1S/C29H49NO3/c1-2-3-4-5-6-7-8-9-10-11-12-13-14-15-16-17-21-24-28(31)30-27(29(32)33)25-26-22-19-18-20-23-26/h18-20,22-23,27H,2-17,21,24-25H2,1H3,(H,30,31)(H,32,33). The zero-order valence-corrected chi connectivity index (χ0v) is 21.2. The van der Waals surface area contributed by atoms with E-state index in [4.69, 9.17) is 0 Å². The molecule has 4 nitrogen and oxygen atoms in total. The maximum atomic E-state index is 12.1. The Morgan fingerprint density at radius 2 is 1.12 bits per heavy atom. The van der Waals surface area contributed by atoms with E-state index in [1.165, 1.54) is 89.9 Å². The number of hydrogen-bond donors (Lipinski definition) is 2. The van der Waals surface area contributed by atoms with Crippen molar-refractivity contribution in [1.29, 1.82) is 0 Å². The molecule has 0 spiro atoms. The van der Waals surface area contributed by atoms with Crippen molar-refractivity contribution in [3.63, 3.8) is 0 Å². The summed E-state index contributed by atoms with van der Waals surface area (Å²) in [5, 5.41) is 12.1. The number of hydrogen-bond acceptors (Lipinski definition) is 2. The minimum absolute atomic E-state index is 0.153. The molecule has 1 amide bonds. The van der Waals surface area contributed by atoms with Crippen molar-refractivity contribution in [2.24, 2.45) is 0 Å². The summed E-state index contributed by atoms with van der Waals surface area (Å²) in [5.41, 5.74) is 0.919. The molecule has 0 aliphatic rings. The molecular weight excluding hydrogens is 410 g/mol. The van der Waals surface area contributed by atoms with Crippen molar-refractivity contribution in [3.05, 3.63) is 35.9 Å². The van der Waals surface area contributed by atoms with Crippen molar-refractivity contribution in [3.8, 4) is 0 Å². The van der Waals surface area contributed by atoms with Gasteiger partial charge in [-0.15, -0.1) is 0 Å². The fourth-order valence-electron chi connectivity index (χ4n) is 4.33. The van der Waals surface area contributed by atoms with Gasteiger partial charge < -0.3 is 10.4 Å². The molecule has 188 valence electrons. The topological polar surface area (TPSA) is 66.4 Å². The quantitative estimate of drug-likeness (QED) is 0.174. The highest BCUT2D eigenvalue weighted by atomic mass is 16.4. The van der Waals surface area contributed by atoms with Gasteiger partial charge in [-0.1, -0.05) is 140 Å². The minimum Gasteiger partial charge on any atom is -0.480 e. The van der Waals surface area contributed by atoms with Crippen LogP contribution in [0.25, 0.3) is 0 Å². The first kappa shape index (κ1) is 29.2. The summed E-state index contributed by atoms with van der Waals surface area (Å²) in [5.74, 6) is -1.13. The summed E-state index contributed by atoms with van der Waals surface area (Å²) in [7, 11) is 0. The number of carboxylic acid groups (broad SMARTS) is 1. The number of aliphatic carboxylic acids is 1. The molecule has 33 heavy (non-hydrogen) atoms. The summed E-state index contributed by atoms with van der Waals surface area (Å²) < 4.78 is 0. The smallest absolute Gasteiger partial charge is 0.326 e. The van der Waals surface area contributed by atoms with Crippen LogP contribution >= 0.6 is 0 Å². The number of carboxylic acids is 1. The van der Waals surface area contributed by atoms with Crippen LogP contribution in [0.3, 0.4) is 0 Å². The van der Waals surface area contributed by atoms with E-state index in [0.29, 0.717) is 12.8 Å². The Kier molecular flexibility index (Phi) is 18.4. The van der Waals surface area contributed by atoms with Gasteiger partial charge in [0.1, 0.15) is 6.04 Å². The Hall–Kier alpha value is -1.84. The molecule has 1 rings (SSSR count). The Balaban J connectivity index is 1.90. The van der Waals surface area contributed by atoms with Gasteiger partial charge in [-0.2, -0.15) is 0 Å². The lowest BCUT2D eigenvalue weighted by molar-refractivity contribution is -0.141. The van der Waals surface area contributed by atoms with E-state index in [-0.39, 0.29) is 5.91 Å². The highest BCUT2D eigenvalue weighted by Crippen LogP contribution is 2.14. The molecule has 0 saturated heterocycles. The largest absolute Gasteiger partial charge is 0.480 e. The van der Waals surface area contributed by atoms with E-state index in [9.17, 15) is 14.7 Å². The predicted molar refractivity (Wildman–Crippen MR) is 138 cm³/mol.